The monoisotopic (exact) mass is 269 g/mol. The molecule has 0 aromatic heterocycles. The molecule has 1 aromatic rings. The maximum Gasteiger partial charge on any atom is 0.228 e. The lowest BCUT2D eigenvalue weighted by Gasteiger charge is -2.25. The average molecular weight is 269 g/mol. The highest BCUT2D eigenvalue weighted by Crippen LogP contribution is 2.25. The van der Waals surface area contributed by atoms with E-state index in [1.807, 2.05) is 6.07 Å². The molecule has 1 amide bonds. The number of hydrogen-bond donors (Lipinski definition) is 2. The molecule has 1 aliphatic heterocycles. The number of carbonyl (C=O) groups is 1. The van der Waals surface area contributed by atoms with E-state index >= 15 is 0 Å². The molecule has 2 N–H and O–H groups in total. The number of amides is 1. The molecule has 104 valence electrons. The summed E-state index contributed by atoms with van der Waals surface area (Å²) in [4.78, 5) is 11.3. The van der Waals surface area contributed by atoms with Gasteiger partial charge in [0, 0.05) is 24.2 Å². The first-order chi connectivity index (χ1) is 9.74. The molecule has 2 aliphatic rings. The Kier molecular flexibility index (Phi) is 3.70. The van der Waals surface area contributed by atoms with Crippen LogP contribution in [0.3, 0.4) is 0 Å². The summed E-state index contributed by atoms with van der Waals surface area (Å²) in [6.07, 6.45) is 4.69. The molecule has 1 saturated carbocycles. The number of anilines is 1. The molecule has 4 nitrogen and oxygen atoms in total. The van der Waals surface area contributed by atoms with Crippen LogP contribution in [0.25, 0.3) is 0 Å². The van der Waals surface area contributed by atoms with Gasteiger partial charge in [0.1, 0.15) is 0 Å². The molecule has 0 unspecified atom stereocenters. The van der Waals surface area contributed by atoms with Crippen molar-refractivity contribution < 1.29 is 4.79 Å². The van der Waals surface area contributed by atoms with E-state index in [1.165, 1.54) is 5.56 Å². The van der Waals surface area contributed by atoms with E-state index < -0.39 is 0 Å². The van der Waals surface area contributed by atoms with E-state index in [2.05, 4.69) is 28.8 Å². The summed E-state index contributed by atoms with van der Waals surface area (Å²) in [5, 5.41) is 15.3. The first-order valence-electron chi connectivity index (χ1n) is 7.29. The topological polar surface area (TPSA) is 64.9 Å². The molecule has 20 heavy (non-hydrogen) atoms. The minimum absolute atomic E-state index is 0.0833. The number of fused-ring (bicyclic) bond motifs is 1. The molecule has 0 atom stereocenters. The van der Waals surface area contributed by atoms with Gasteiger partial charge < -0.3 is 10.6 Å². The quantitative estimate of drug-likeness (QED) is 0.885. The highest BCUT2D eigenvalue weighted by molar-refractivity contribution is 5.99. The third-order valence-electron chi connectivity index (χ3n) is 4.30. The van der Waals surface area contributed by atoms with E-state index in [0.29, 0.717) is 12.5 Å². The van der Waals surface area contributed by atoms with Crippen LogP contribution < -0.4 is 10.6 Å². The minimum atomic E-state index is 0.0833. The number of nitriles is 1. The predicted molar refractivity (Wildman–Crippen MR) is 77.0 cm³/mol. The van der Waals surface area contributed by atoms with Gasteiger partial charge in [-0.3, -0.25) is 4.79 Å². The second-order valence-electron chi connectivity index (χ2n) is 5.78. The Labute approximate surface area is 119 Å². The van der Waals surface area contributed by atoms with Crippen LogP contribution >= 0.6 is 0 Å². The molecule has 0 bridgehead atoms. The molecule has 1 aromatic carbocycles. The van der Waals surface area contributed by atoms with Crippen LogP contribution in [0.5, 0.6) is 0 Å². The standard InChI is InChI=1S/C16H19N3O/c17-9-11-1-4-14(5-2-11)18-10-12-3-6-15-13(7-12)8-16(20)19-15/h3,6-7,11,14,18H,1-2,4-5,8,10H2,(H,19,20). The normalized spacial score (nSPS) is 24.9. The van der Waals surface area contributed by atoms with Crippen molar-refractivity contribution in [1.82, 2.24) is 5.32 Å². The maximum atomic E-state index is 11.3. The molecule has 4 heteroatoms. The predicted octanol–water partition coefficient (Wildman–Crippen LogP) is 2.35. The lowest BCUT2D eigenvalue weighted by atomic mass is 9.87. The van der Waals surface area contributed by atoms with Gasteiger partial charge in [-0.25, -0.2) is 0 Å². The van der Waals surface area contributed by atoms with Gasteiger partial charge in [0.2, 0.25) is 5.91 Å². The number of carbonyl (C=O) groups excluding carboxylic acids is 1. The number of nitrogens with one attached hydrogen (secondary N) is 2. The van der Waals surface area contributed by atoms with Crippen molar-refractivity contribution in [2.75, 3.05) is 5.32 Å². The van der Waals surface area contributed by atoms with E-state index in [0.717, 1.165) is 43.5 Å². The molecule has 0 spiro atoms. The van der Waals surface area contributed by atoms with Crippen LogP contribution in [-0.2, 0) is 17.8 Å². The zero-order chi connectivity index (χ0) is 13.9. The molecule has 1 aliphatic carbocycles. The zero-order valence-corrected chi connectivity index (χ0v) is 11.5. The van der Waals surface area contributed by atoms with Gasteiger partial charge in [0.15, 0.2) is 0 Å². The van der Waals surface area contributed by atoms with Gasteiger partial charge >= 0.3 is 0 Å². The van der Waals surface area contributed by atoms with Crippen molar-refractivity contribution >= 4 is 11.6 Å². The fraction of sp³-hybridized carbons (Fsp3) is 0.500. The smallest absolute Gasteiger partial charge is 0.228 e. The Bertz CT molecular complexity index is 553. The Hall–Kier alpha value is -1.86. The minimum Gasteiger partial charge on any atom is -0.326 e. The zero-order valence-electron chi connectivity index (χ0n) is 11.5. The SMILES string of the molecule is N#CC1CCC(NCc2ccc3c(c2)CC(=O)N3)CC1. The van der Waals surface area contributed by atoms with Gasteiger partial charge in [-0.2, -0.15) is 5.26 Å². The van der Waals surface area contributed by atoms with Crippen LogP contribution in [-0.4, -0.2) is 11.9 Å². The van der Waals surface area contributed by atoms with E-state index in [-0.39, 0.29) is 11.8 Å². The van der Waals surface area contributed by atoms with E-state index in [9.17, 15) is 4.79 Å². The summed E-state index contributed by atoms with van der Waals surface area (Å²) in [5.41, 5.74) is 3.28. The number of hydrogen-bond acceptors (Lipinski definition) is 3. The van der Waals surface area contributed by atoms with E-state index in [4.69, 9.17) is 5.26 Å². The molecular formula is C16H19N3O. The van der Waals surface area contributed by atoms with Gasteiger partial charge in [-0.05, 0) is 42.9 Å². The summed E-state index contributed by atoms with van der Waals surface area (Å²) in [6, 6.07) is 9.05. The Morgan fingerprint density at radius 3 is 2.85 bits per heavy atom. The third-order valence-corrected chi connectivity index (χ3v) is 4.30. The third kappa shape index (κ3) is 2.83. The lowest BCUT2D eigenvalue weighted by molar-refractivity contribution is -0.115. The van der Waals surface area contributed by atoms with Crippen molar-refractivity contribution in [1.29, 1.82) is 5.26 Å². The van der Waals surface area contributed by atoms with Crippen molar-refractivity contribution in [2.45, 2.75) is 44.7 Å². The first-order valence-corrected chi connectivity index (χ1v) is 7.29. The summed E-state index contributed by atoms with van der Waals surface area (Å²) in [6.45, 7) is 0.837. The maximum absolute atomic E-state index is 11.3. The van der Waals surface area contributed by atoms with Gasteiger partial charge in [0.25, 0.3) is 0 Å². The van der Waals surface area contributed by atoms with Gasteiger partial charge in [0.05, 0.1) is 12.5 Å². The summed E-state index contributed by atoms with van der Waals surface area (Å²) in [7, 11) is 0. The van der Waals surface area contributed by atoms with Crippen LogP contribution in [0.2, 0.25) is 0 Å². The summed E-state index contributed by atoms with van der Waals surface area (Å²) in [5.74, 6) is 0.338. The highest BCUT2D eigenvalue weighted by Gasteiger charge is 2.21. The molecule has 0 radical (unpaired) electrons. The second-order valence-corrected chi connectivity index (χ2v) is 5.78. The van der Waals surface area contributed by atoms with Gasteiger partial charge in [-0.1, -0.05) is 12.1 Å². The molecule has 0 saturated heterocycles. The van der Waals surface area contributed by atoms with Crippen LogP contribution in [0, 0.1) is 17.2 Å². The van der Waals surface area contributed by atoms with Crippen LogP contribution in [0.1, 0.15) is 36.8 Å². The molecule has 1 fully saturated rings. The van der Waals surface area contributed by atoms with Crippen molar-refractivity contribution in [2.24, 2.45) is 5.92 Å². The van der Waals surface area contributed by atoms with E-state index in [1.54, 1.807) is 0 Å². The second kappa shape index (κ2) is 5.64. The van der Waals surface area contributed by atoms with Crippen molar-refractivity contribution in [3.63, 3.8) is 0 Å². The number of rotatable bonds is 3. The number of nitrogens with zero attached hydrogens (tertiary/aromatic N) is 1. The Morgan fingerprint density at radius 2 is 2.10 bits per heavy atom. The fourth-order valence-corrected chi connectivity index (χ4v) is 3.08. The largest absolute Gasteiger partial charge is 0.326 e. The summed E-state index contributed by atoms with van der Waals surface area (Å²) >= 11 is 0. The first kappa shape index (κ1) is 13.1. The van der Waals surface area contributed by atoms with Crippen LogP contribution in [0.15, 0.2) is 18.2 Å². The van der Waals surface area contributed by atoms with Crippen molar-refractivity contribution in [3.05, 3.63) is 29.3 Å². The molecule has 1 heterocycles. The lowest BCUT2D eigenvalue weighted by Crippen LogP contribution is -2.32. The number of benzene rings is 1. The highest BCUT2D eigenvalue weighted by atomic mass is 16.1. The Morgan fingerprint density at radius 1 is 1.30 bits per heavy atom. The fourth-order valence-electron chi connectivity index (χ4n) is 3.08. The summed E-state index contributed by atoms with van der Waals surface area (Å²) < 4.78 is 0. The van der Waals surface area contributed by atoms with Crippen molar-refractivity contribution in [3.8, 4) is 6.07 Å². The average Bonchev–Trinajstić information content (AvgIpc) is 2.85. The van der Waals surface area contributed by atoms with Crippen LogP contribution in [0.4, 0.5) is 5.69 Å². The molecular weight excluding hydrogens is 250 g/mol. The molecule has 3 rings (SSSR count). The Balaban J connectivity index is 1.54. The van der Waals surface area contributed by atoms with Gasteiger partial charge in [-0.15, -0.1) is 0 Å².